The average Bonchev–Trinajstić information content (AvgIpc) is 2.81. The molecular formula is C19H27N3O. The summed E-state index contributed by atoms with van der Waals surface area (Å²) in [5, 5.41) is 7.59. The van der Waals surface area contributed by atoms with E-state index < -0.39 is 0 Å². The van der Waals surface area contributed by atoms with Gasteiger partial charge in [0.1, 0.15) is 0 Å². The summed E-state index contributed by atoms with van der Waals surface area (Å²) in [6.07, 6.45) is 1.44. The highest BCUT2D eigenvalue weighted by atomic mass is 16.1. The highest BCUT2D eigenvalue weighted by Gasteiger charge is 2.18. The van der Waals surface area contributed by atoms with Gasteiger partial charge in [0.05, 0.1) is 17.1 Å². The number of carbonyl (C=O) groups is 1. The molecule has 1 aromatic carbocycles. The Labute approximate surface area is 138 Å². The van der Waals surface area contributed by atoms with Gasteiger partial charge in [-0.2, -0.15) is 5.10 Å². The molecular weight excluding hydrogens is 286 g/mol. The maximum Gasteiger partial charge on any atom is 0.225 e. The molecule has 4 heteroatoms. The first-order valence-corrected chi connectivity index (χ1v) is 8.34. The van der Waals surface area contributed by atoms with Crippen LogP contribution in [0.2, 0.25) is 0 Å². The molecule has 1 atom stereocenters. The minimum Gasteiger partial charge on any atom is -0.323 e. The van der Waals surface area contributed by atoms with Gasteiger partial charge in [0.2, 0.25) is 5.91 Å². The topological polar surface area (TPSA) is 46.9 Å². The number of anilines is 1. The highest BCUT2D eigenvalue weighted by molar-refractivity contribution is 5.92. The first-order chi connectivity index (χ1) is 10.9. The number of nitrogens with zero attached hydrogens (tertiary/aromatic N) is 2. The van der Waals surface area contributed by atoms with E-state index in [1.165, 1.54) is 5.56 Å². The molecule has 0 saturated heterocycles. The van der Waals surface area contributed by atoms with Gasteiger partial charge in [0.25, 0.3) is 0 Å². The van der Waals surface area contributed by atoms with Crippen LogP contribution in [-0.4, -0.2) is 15.7 Å². The summed E-state index contributed by atoms with van der Waals surface area (Å²) in [6.45, 7) is 10.2. The largest absolute Gasteiger partial charge is 0.323 e. The average molecular weight is 313 g/mol. The lowest BCUT2D eigenvalue weighted by Gasteiger charge is -2.15. The van der Waals surface area contributed by atoms with Crippen molar-refractivity contribution in [3.05, 3.63) is 47.3 Å². The zero-order chi connectivity index (χ0) is 17.0. The molecule has 1 heterocycles. The maximum atomic E-state index is 12.5. The number of aromatic nitrogens is 2. The minimum absolute atomic E-state index is 0.0511. The molecule has 2 rings (SSSR count). The fourth-order valence-electron chi connectivity index (χ4n) is 2.98. The second kappa shape index (κ2) is 7.44. The molecule has 4 nitrogen and oxygen atoms in total. The number of hydrogen-bond acceptors (Lipinski definition) is 2. The molecule has 124 valence electrons. The Morgan fingerprint density at radius 1 is 1.22 bits per heavy atom. The van der Waals surface area contributed by atoms with Gasteiger partial charge >= 0.3 is 0 Å². The van der Waals surface area contributed by atoms with E-state index in [0.29, 0.717) is 6.42 Å². The lowest BCUT2D eigenvalue weighted by atomic mass is 9.93. The Bertz CT molecular complexity index is 659. The summed E-state index contributed by atoms with van der Waals surface area (Å²) in [5.41, 5.74) is 3.96. The monoisotopic (exact) mass is 313 g/mol. The fourth-order valence-corrected chi connectivity index (χ4v) is 2.98. The summed E-state index contributed by atoms with van der Waals surface area (Å²) >= 11 is 0. The van der Waals surface area contributed by atoms with E-state index in [1.54, 1.807) is 0 Å². The molecule has 0 radical (unpaired) electrons. The van der Waals surface area contributed by atoms with Crippen LogP contribution in [0.25, 0.3) is 0 Å². The molecule has 0 saturated carbocycles. The van der Waals surface area contributed by atoms with Crippen molar-refractivity contribution in [2.75, 3.05) is 5.32 Å². The number of aryl methyl sites for hydroxylation is 1. The molecule has 23 heavy (non-hydrogen) atoms. The van der Waals surface area contributed by atoms with E-state index in [4.69, 9.17) is 0 Å². The van der Waals surface area contributed by atoms with Crippen LogP contribution in [0.1, 0.15) is 62.5 Å². The number of nitrogens with one attached hydrogen (secondary N) is 1. The van der Waals surface area contributed by atoms with E-state index in [-0.39, 0.29) is 17.9 Å². The van der Waals surface area contributed by atoms with Crippen molar-refractivity contribution in [1.82, 2.24) is 9.78 Å². The first kappa shape index (κ1) is 17.3. The summed E-state index contributed by atoms with van der Waals surface area (Å²) in [6, 6.07) is 10.5. The molecule has 0 aliphatic heterocycles. The SMILES string of the molecule is CC[C@H](CC(=O)Nc1c(C)nn(C(C)C)c1C)c1ccccc1. The smallest absolute Gasteiger partial charge is 0.225 e. The third kappa shape index (κ3) is 4.01. The molecule has 2 aromatic rings. The number of amides is 1. The second-order valence-corrected chi connectivity index (χ2v) is 6.35. The quantitative estimate of drug-likeness (QED) is 0.847. The van der Waals surface area contributed by atoms with E-state index in [0.717, 1.165) is 23.5 Å². The standard InChI is InChI=1S/C19H27N3O/c1-6-16(17-10-8-7-9-11-17)12-18(23)20-19-14(4)21-22(13(2)3)15(19)5/h7-11,13,16H,6,12H2,1-5H3,(H,20,23)/t16-/m1/s1. The molecule has 0 aliphatic rings. The van der Waals surface area contributed by atoms with Crippen molar-refractivity contribution in [3.63, 3.8) is 0 Å². The van der Waals surface area contributed by atoms with Crippen molar-refractivity contribution < 1.29 is 4.79 Å². The van der Waals surface area contributed by atoms with E-state index in [9.17, 15) is 4.79 Å². The summed E-state index contributed by atoms with van der Waals surface area (Å²) in [4.78, 5) is 12.5. The predicted molar refractivity (Wildman–Crippen MR) is 94.8 cm³/mol. The third-order valence-electron chi connectivity index (χ3n) is 4.27. The highest BCUT2D eigenvalue weighted by Crippen LogP contribution is 2.26. The van der Waals surface area contributed by atoms with Crippen molar-refractivity contribution in [1.29, 1.82) is 0 Å². The van der Waals surface area contributed by atoms with Crippen LogP contribution in [0, 0.1) is 13.8 Å². The van der Waals surface area contributed by atoms with Crippen LogP contribution in [0.15, 0.2) is 30.3 Å². The second-order valence-electron chi connectivity index (χ2n) is 6.35. The van der Waals surface area contributed by atoms with Gasteiger partial charge in [0.15, 0.2) is 0 Å². The van der Waals surface area contributed by atoms with Crippen molar-refractivity contribution in [3.8, 4) is 0 Å². The zero-order valence-electron chi connectivity index (χ0n) is 14.8. The van der Waals surface area contributed by atoms with Crippen molar-refractivity contribution in [2.45, 2.75) is 59.4 Å². The van der Waals surface area contributed by atoms with Gasteiger partial charge in [-0.25, -0.2) is 0 Å². The van der Waals surface area contributed by atoms with Gasteiger partial charge in [-0.1, -0.05) is 37.3 Å². The Morgan fingerprint density at radius 2 is 1.87 bits per heavy atom. The minimum atomic E-state index is 0.0511. The molecule has 1 aromatic heterocycles. The summed E-state index contributed by atoms with van der Waals surface area (Å²) in [7, 11) is 0. The van der Waals surface area contributed by atoms with Crippen LogP contribution in [0.3, 0.4) is 0 Å². The lowest BCUT2D eigenvalue weighted by Crippen LogP contribution is -2.16. The number of benzene rings is 1. The fraction of sp³-hybridized carbons (Fsp3) is 0.474. The van der Waals surface area contributed by atoms with Gasteiger partial charge in [-0.05, 0) is 45.6 Å². The van der Waals surface area contributed by atoms with Crippen LogP contribution < -0.4 is 5.32 Å². The molecule has 0 bridgehead atoms. The molecule has 0 aliphatic carbocycles. The van der Waals surface area contributed by atoms with Crippen molar-refractivity contribution >= 4 is 11.6 Å². The van der Waals surface area contributed by atoms with E-state index in [1.807, 2.05) is 36.7 Å². The first-order valence-electron chi connectivity index (χ1n) is 8.34. The van der Waals surface area contributed by atoms with Gasteiger partial charge in [-0.3, -0.25) is 9.48 Å². The molecule has 1 amide bonds. The van der Waals surface area contributed by atoms with E-state index >= 15 is 0 Å². The molecule has 1 N–H and O–H groups in total. The summed E-state index contributed by atoms with van der Waals surface area (Å²) in [5.74, 6) is 0.298. The lowest BCUT2D eigenvalue weighted by molar-refractivity contribution is -0.116. The number of carbonyl (C=O) groups excluding carboxylic acids is 1. The predicted octanol–water partition coefficient (Wildman–Crippen LogP) is 4.60. The van der Waals surface area contributed by atoms with Crippen LogP contribution >= 0.6 is 0 Å². The normalized spacial score (nSPS) is 12.4. The number of hydrogen-bond donors (Lipinski definition) is 1. The van der Waals surface area contributed by atoms with Gasteiger partial charge in [0, 0.05) is 12.5 Å². The van der Waals surface area contributed by atoms with Gasteiger partial charge in [-0.15, -0.1) is 0 Å². The maximum absolute atomic E-state index is 12.5. The Kier molecular flexibility index (Phi) is 5.59. The van der Waals surface area contributed by atoms with Gasteiger partial charge < -0.3 is 5.32 Å². The van der Waals surface area contributed by atoms with Crippen LogP contribution in [0.5, 0.6) is 0 Å². The Morgan fingerprint density at radius 3 is 2.39 bits per heavy atom. The number of rotatable bonds is 6. The Balaban J connectivity index is 2.10. The Hall–Kier alpha value is -2.10. The molecule has 0 unspecified atom stereocenters. The molecule has 0 fully saturated rings. The van der Waals surface area contributed by atoms with Crippen molar-refractivity contribution in [2.24, 2.45) is 0 Å². The molecule has 0 spiro atoms. The van der Waals surface area contributed by atoms with Crippen LogP contribution in [-0.2, 0) is 4.79 Å². The van der Waals surface area contributed by atoms with Crippen LogP contribution in [0.4, 0.5) is 5.69 Å². The van der Waals surface area contributed by atoms with E-state index in [2.05, 4.69) is 43.3 Å². The zero-order valence-corrected chi connectivity index (χ0v) is 14.8. The third-order valence-corrected chi connectivity index (χ3v) is 4.27. The summed E-state index contributed by atoms with van der Waals surface area (Å²) < 4.78 is 1.96.